The van der Waals surface area contributed by atoms with Crippen molar-refractivity contribution in [2.24, 2.45) is 0 Å². The second-order valence-corrected chi connectivity index (χ2v) is 7.31. The lowest BCUT2D eigenvalue weighted by molar-refractivity contribution is 0.104. The minimum Gasteiger partial charge on any atom is -0.347 e. The van der Waals surface area contributed by atoms with E-state index in [1.54, 1.807) is 0 Å². The number of aryl methyl sites for hydroxylation is 2. The van der Waals surface area contributed by atoms with Gasteiger partial charge in [0.25, 0.3) is 0 Å². The zero-order valence-corrected chi connectivity index (χ0v) is 16.1. The number of unbranched alkanes of at least 4 members (excludes halogenated alkanes) is 2. The highest BCUT2D eigenvalue weighted by Crippen LogP contribution is 2.28. The molecule has 1 heterocycles. The summed E-state index contributed by atoms with van der Waals surface area (Å²) in [7, 11) is 0. The Morgan fingerprint density at radius 1 is 0.821 bits per heavy atom. The van der Waals surface area contributed by atoms with Gasteiger partial charge in [0.05, 0.1) is 6.67 Å². The molecule has 0 saturated heterocycles. The summed E-state index contributed by atoms with van der Waals surface area (Å²) in [5.74, 6) is 0.0508. The molecule has 0 saturated carbocycles. The molecule has 3 heteroatoms. The molecule has 0 unspecified atom stereocenters. The highest BCUT2D eigenvalue weighted by atomic mass is 19.1. The molecule has 4 aromatic rings. The summed E-state index contributed by atoms with van der Waals surface area (Å²) in [6.07, 6.45) is 4.33. The van der Waals surface area contributed by atoms with Gasteiger partial charge in [-0.3, -0.25) is 9.18 Å². The Hall–Kier alpha value is -2.94. The van der Waals surface area contributed by atoms with Crippen LogP contribution < -0.4 is 0 Å². The number of fused-ring (bicyclic) bond motifs is 2. The molecule has 1 aromatic heterocycles. The summed E-state index contributed by atoms with van der Waals surface area (Å²) in [5, 5.41) is 3.08. The third-order valence-electron chi connectivity index (χ3n) is 5.45. The predicted molar refractivity (Wildman–Crippen MR) is 114 cm³/mol. The highest BCUT2D eigenvalue weighted by molar-refractivity contribution is 6.21. The van der Waals surface area contributed by atoms with E-state index in [0.717, 1.165) is 52.2 Å². The average Bonchev–Trinajstić information content (AvgIpc) is 3.10. The Balaban J connectivity index is 1.77. The topological polar surface area (TPSA) is 22.0 Å². The molecular weight excluding hydrogens is 349 g/mol. The number of halogens is 1. The van der Waals surface area contributed by atoms with Gasteiger partial charge < -0.3 is 4.57 Å². The maximum Gasteiger partial charge on any atom is 0.195 e. The summed E-state index contributed by atoms with van der Waals surface area (Å²) in [6.45, 7) is 2.60. The van der Waals surface area contributed by atoms with E-state index in [0.29, 0.717) is 6.42 Å². The van der Waals surface area contributed by atoms with Crippen LogP contribution in [-0.2, 0) is 6.54 Å². The van der Waals surface area contributed by atoms with Gasteiger partial charge in [-0.05, 0) is 48.6 Å². The normalized spacial score (nSPS) is 11.4. The molecule has 0 N–H and O–H groups in total. The number of para-hydroxylation sites is 1. The number of hydrogen-bond donors (Lipinski definition) is 0. The van der Waals surface area contributed by atoms with Crippen LogP contribution in [0, 0.1) is 6.92 Å². The van der Waals surface area contributed by atoms with E-state index in [1.165, 1.54) is 5.56 Å². The number of carbonyl (C=O) groups excluding carboxylic acids is 1. The fourth-order valence-electron chi connectivity index (χ4n) is 3.96. The molecule has 142 valence electrons. The molecule has 28 heavy (non-hydrogen) atoms. The Morgan fingerprint density at radius 2 is 1.54 bits per heavy atom. The molecule has 0 aliphatic heterocycles. The van der Waals surface area contributed by atoms with Crippen LogP contribution in [0.2, 0.25) is 0 Å². The molecule has 0 bridgehead atoms. The van der Waals surface area contributed by atoms with Gasteiger partial charge in [0, 0.05) is 34.8 Å². The van der Waals surface area contributed by atoms with Crippen LogP contribution in [0.3, 0.4) is 0 Å². The molecular formula is C25H24FNO. The quantitative estimate of drug-likeness (QED) is 0.269. The van der Waals surface area contributed by atoms with Gasteiger partial charge in [0.1, 0.15) is 0 Å². The van der Waals surface area contributed by atoms with Gasteiger partial charge in [-0.1, -0.05) is 54.6 Å². The third-order valence-corrected chi connectivity index (χ3v) is 5.45. The Labute approximate surface area is 164 Å². The molecule has 0 radical (unpaired) electrons. The summed E-state index contributed by atoms with van der Waals surface area (Å²) >= 11 is 0. The number of alkyl halides is 1. The van der Waals surface area contributed by atoms with Gasteiger partial charge >= 0.3 is 0 Å². The van der Waals surface area contributed by atoms with Crippen molar-refractivity contribution in [2.45, 2.75) is 32.7 Å². The number of rotatable bonds is 7. The summed E-state index contributed by atoms with van der Waals surface area (Å²) in [6, 6.07) is 20.1. The van der Waals surface area contributed by atoms with E-state index >= 15 is 0 Å². The molecule has 0 fully saturated rings. The molecule has 0 aliphatic rings. The molecule has 0 amide bonds. The smallest absolute Gasteiger partial charge is 0.195 e. The SMILES string of the molecule is Cc1ccc(C(=O)c2cn(CCCCCF)c3ccccc23)c2ccccc12. The number of aromatic nitrogens is 1. The largest absolute Gasteiger partial charge is 0.347 e. The highest BCUT2D eigenvalue weighted by Gasteiger charge is 2.18. The number of benzene rings is 3. The fourth-order valence-corrected chi connectivity index (χ4v) is 3.96. The first kappa shape index (κ1) is 18.4. The van der Waals surface area contributed by atoms with Crippen LogP contribution in [0.4, 0.5) is 4.39 Å². The van der Waals surface area contributed by atoms with E-state index in [4.69, 9.17) is 0 Å². The van der Waals surface area contributed by atoms with E-state index < -0.39 is 0 Å². The van der Waals surface area contributed by atoms with Gasteiger partial charge in [0.2, 0.25) is 0 Å². The fraction of sp³-hybridized carbons (Fsp3) is 0.240. The van der Waals surface area contributed by atoms with Gasteiger partial charge in [-0.15, -0.1) is 0 Å². The van der Waals surface area contributed by atoms with Crippen molar-refractivity contribution >= 4 is 27.5 Å². The van der Waals surface area contributed by atoms with E-state index in [9.17, 15) is 9.18 Å². The number of ketones is 1. The van der Waals surface area contributed by atoms with Crippen LogP contribution >= 0.6 is 0 Å². The van der Waals surface area contributed by atoms with E-state index in [-0.39, 0.29) is 12.5 Å². The first-order valence-corrected chi connectivity index (χ1v) is 9.87. The van der Waals surface area contributed by atoms with Crippen molar-refractivity contribution in [1.82, 2.24) is 4.57 Å². The first-order valence-electron chi connectivity index (χ1n) is 9.87. The molecule has 0 aliphatic carbocycles. The summed E-state index contributed by atoms with van der Waals surface area (Å²) < 4.78 is 14.5. The number of hydrogen-bond acceptors (Lipinski definition) is 1. The molecule has 0 spiro atoms. The lowest BCUT2D eigenvalue weighted by Gasteiger charge is -2.08. The lowest BCUT2D eigenvalue weighted by Crippen LogP contribution is -2.02. The summed E-state index contributed by atoms with van der Waals surface area (Å²) in [4.78, 5) is 13.5. The van der Waals surface area contributed by atoms with Gasteiger partial charge in [-0.25, -0.2) is 0 Å². The maximum atomic E-state index is 13.5. The molecule has 2 nitrogen and oxygen atoms in total. The average molecular weight is 373 g/mol. The van der Waals surface area contributed by atoms with Crippen molar-refractivity contribution in [3.8, 4) is 0 Å². The van der Waals surface area contributed by atoms with Crippen LogP contribution in [0.25, 0.3) is 21.7 Å². The van der Waals surface area contributed by atoms with Crippen LogP contribution in [0.15, 0.2) is 66.9 Å². The van der Waals surface area contributed by atoms with E-state index in [2.05, 4.69) is 23.6 Å². The van der Waals surface area contributed by atoms with Crippen molar-refractivity contribution in [1.29, 1.82) is 0 Å². The van der Waals surface area contributed by atoms with Crippen molar-refractivity contribution in [3.63, 3.8) is 0 Å². The minimum atomic E-state index is -0.267. The second-order valence-electron chi connectivity index (χ2n) is 7.31. The first-order chi connectivity index (χ1) is 13.7. The second kappa shape index (κ2) is 7.97. The van der Waals surface area contributed by atoms with E-state index in [1.807, 2.05) is 54.7 Å². The zero-order chi connectivity index (χ0) is 19.5. The van der Waals surface area contributed by atoms with Crippen molar-refractivity contribution in [3.05, 3.63) is 83.6 Å². The Morgan fingerprint density at radius 3 is 2.32 bits per heavy atom. The maximum absolute atomic E-state index is 13.5. The summed E-state index contributed by atoms with van der Waals surface area (Å²) in [5.41, 5.74) is 3.70. The number of nitrogens with zero attached hydrogens (tertiary/aromatic N) is 1. The van der Waals surface area contributed by atoms with Crippen molar-refractivity contribution < 1.29 is 9.18 Å². The third kappa shape index (κ3) is 3.33. The van der Waals surface area contributed by atoms with Crippen molar-refractivity contribution in [2.75, 3.05) is 6.67 Å². The molecule has 3 aromatic carbocycles. The Kier molecular flexibility index (Phi) is 5.25. The number of carbonyl (C=O) groups is 1. The zero-order valence-electron chi connectivity index (χ0n) is 16.1. The minimum absolute atomic E-state index is 0.0508. The molecule has 0 atom stereocenters. The van der Waals surface area contributed by atoms with Crippen LogP contribution in [0.5, 0.6) is 0 Å². The van der Waals surface area contributed by atoms with Gasteiger partial charge in [-0.2, -0.15) is 0 Å². The monoisotopic (exact) mass is 373 g/mol. The predicted octanol–water partition coefficient (Wildman–Crippen LogP) is 6.47. The van der Waals surface area contributed by atoms with Gasteiger partial charge in [0.15, 0.2) is 5.78 Å². The Bertz CT molecular complexity index is 1140. The standard InChI is InChI=1S/C25H24FNO/c1-18-13-14-22(20-10-4-3-9-19(18)20)25(28)23-17-27(16-8-2-7-15-26)24-12-6-5-11-21(23)24/h3-6,9-14,17H,2,7-8,15-16H2,1H3. The lowest BCUT2D eigenvalue weighted by atomic mass is 9.95. The molecule has 4 rings (SSSR count). The van der Waals surface area contributed by atoms with Crippen LogP contribution in [-0.4, -0.2) is 17.0 Å². The van der Waals surface area contributed by atoms with Crippen LogP contribution in [0.1, 0.15) is 40.7 Å².